The monoisotopic (exact) mass is 351 g/mol. The average molecular weight is 351 g/mol. The second-order valence-electron chi connectivity index (χ2n) is 5.42. The fourth-order valence-electron chi connectivity index (χ4n) is 2.84. The zero-order valence-electron chi connectivity index (χ0n) is 13.1. The van der Waals surface area contributed by atoms with Crippen LogP contribution >= 0.6 is 11.8 Å². The highest BCUT2D eigenvalue weighted by Gasteiger charge is 2.33. The molecule has 126 valence electrons. The summed E-state index contributed by atoms with van der Waals surface area (Å²) in [6.45, 7) is 1.92. The molecular weight excluding hydrogens is 336 g/mol. The summed E-state index contributed by atoms with van der Waals surface area (Å²) in [4.78, 5) is 28.6. The van der Waals surface area contributed by atoms with Gasteiger partial charge in [0.2, 0.25) is 5.91 Å². The van der Waals surface area contributed by atoms with Crippen molar-refractivity contribution < 1.29 is 13.6 Å². The lowest BCUT2D eigenvalue weighted by molar-refractivity contribution is -0.116. The van der Waals surface area contributed by atoms with Gasteiger partial charge in [-0.3, -0.25) is 9.59 Å². The van der Waals surface area contributed by atoms with Crippen LogP contribution in [-0.4, -0.2) is 21.2 Å². The van der Waals surface area contributed by atoms with Crippen molar-refractivity contribution >= 4 is 23.5 Å². The van der Waals surface area contributed by atoms with Gasteiger partial charge < -0.3 is 9.88 Å². The van der Waals surface area contributed by atoms with Gasteiger partial charge in [0, 0.05) is 25.5 Å². The molecule has 1 aliphatic rings. The van der Waals surface area contributed by atoms with E-state index in [1.54, 1.807) is 11.6 Å². The minimum Gasteiger partial charge on any atom is -0.312 e. The zero-order valence-corrected chi connectivity index (χ0v) is 13.9. The molecule has 5 nitrogen and oxygen atoms in total. The summed E-state index contributed by atoms with van der Waals surface area (Å²) >= 11 is 1.37. The SMILES string of the molecule is CCSc1nc(=O)c2c(n1C)NC(=O)C[C@@H]2c1ccc(F)cc1F. The summed E-state index contributed by atoms with van der Waals surface area (Å²) < 4.78 is 29.0. The van der Waals surface area contributed by atoms with Crippen molar-refractivity contribution in [2.24, 2.45) is 7.05 Å². The molecule has 24 heavy (non-hydrogen) atoms. The first kappa shape index (κ1) is 16.6. The first-order valence-corrected chi connectivity index (χ1v) is 8.39. The van der Waals surface area contributed by atoms with Gasteiger partial charge in [-0.1, -0.05) is 24.8 Å². The average Bonchev–Trinajstić information content (AvgIpc) is 2.51. The van der Waals surface area contributed by atoms with Crippen molar-refractivity contribution in [2.45, 2.75) is 24.4 Å². The number of rotatable bonds is 3. The van der Waals surface area contributed by atoms with E-state index in [0.29, 0.717) is 16.7 Å². The van der Waals surface area contributed by atoms with Crippen LogP contribution in [0.1, 0.15) is 30.4 Å². The van der Waals surface area contributed by atoms with E-state index in [2.05, 4.69) is 10.3 Å². The minimum absolute atomic E-state index is 0.0905. The van der Waals surface area contributed by atoms with Crippen molar-refractivity contribution in [3.8, 4) is 0 Å². The number of aromatic nitrogens is 2. The molecule has 0 aliphatic carbocycles. The van der Waals surface area contributed by atoms with Crippen LogP contribution in [0.2, 0.25) is 0 Å². The van der Waals surface area contributed by atoms with Crippen molar-refractivity contribution in [3.05, 3.63) is 51.3 Å². The zero-order chi connectivity index (χ0) is 17.4. The van der Waals surface area contributed by atoms with Gasteiger partial charge >= 0.3 is 0 Å². The van der Waals surface area contributed by atoms with E-state index in [1.165, 1.54) is 17.8 Å². The molecule has 1 aromatic carbocycles. The maximum absolute atomic E-state index is 14.2. The van der Waals surface area contributed by atoms with Gasteiger partial charge in [0.05, 0.1) is 5.56 Å². The first-order chi connectivity index (χ1) is 11.4. The topological polar surface area (TPSA) is 64.0 Å². The Bertz CT molecular complexity index is 882. The number of hydrogen-bond acceptors (Lipinski definition) is 4. The van der Waals surface area contributed by atoms with Gasteiger partial charge in [-0.25, -0.2) is 8.78 Å². The van der Waals surface area contributed by atoms with Crippen LogP contribution in [0.3, 0.4) is 0 Å². The molecule has 1 atom stereocenters. The predicted molar refractivity (Wildman–Crippen MR) is 87.3 cm³/mol. The van der Waals surface area contributed by atoms with Gasteiger partial charge in [0.25, 0.3) is 5.56 Å². The molecule has 0 spiro atoms. The number of anilines is 1. The summed E-state index contributed by atoms with van der Waals surface area (Å²) in [5.74, 6) is -1.59. The number of nitrogens with zero attached hydrogens (tertiary/aromatic N) is 2. The fourth-order valence-corrected chi connectivity index (χ4v) is 3.53. The smallest absolute Gasteiger partial charge is 0.279 e. The Morgan fingerprint density at radius 3 is 2.79 bits per heavy atom. The second kappa shape index (κ2) is 6.35. The van der Waals surface area contributed by atoms with Crippen molar-refractivity contribution in [3.63, 3.8) is 0 Å². The highest BCUT2D eigenvalue weighted by molar-refractivity contribution is 7.99. The van der Waals surface area contributed by atoms with Gasteiger partial charge in [0.15, 0.2) is 5.16 Å². The molecule has 0 fully saturated rings. The molecule has 1 N–H and O–H groups in total. The predicted octanol–water partition coefficient (Wildman–Crippen LogP) is 2.64. The van der Waals surface area contributed by atoms with Crippen molar-refractivity contribution in [1.29, 1.82) is 0 Å². The number of benzene rings is 1. The minimum atomic E-state index is -0.791. The van der Waals surface area contributed by atoms with Crippen LogP contribution in [0.5, 0.6) is 0 Å². The Kier molecular flexibility index (Phi) is 4.40. The van der Waals surface area contributed by atoms with E-state index in [9.17, 15) is 18.4 Å². The highest BCUT2D eigenvalue weighted by atomic mass is 32.2. The van der Waals surface area contributed by atoms with Crippen LogP contribution in [0.25, 0.3) is 0 Å². The van der Waals surface area contributed by atoms with E-state index in [0.717, 1.165) is 12.1 Å². The van der Waals surface area contributed by atoms with Gasteiger partial charge in [0.1, 0.15) is 17.5 Å². The maximum atomic E-state index is 14.2. The highest BCUT2D eigenvalue weighted by Crippen LogP contribution is 2.36. The van der Waals surface area contributed by atoms with Crippen LogP contribution < -0.4 is 10.9 Å². The molecule has 0 saturated carbocycles. The van der Waals surface area contributed by atoms with Crippen LogP contribution in [0.15, 0.2) is 28.2 Å². The molecular formula is C16H15F2N3O2S. The third-order valence-electron chi connectivity index (χ3n) is 3.91. The molecule has 8 heteroatoms. The van der Waals surface area contributed by atoms with Crippen molar-refractivity contribution in [1.82, 2.24) is 9.55 Å². The Morgan fingerprint density at radius 1 is 1.38 bits per heavy atom. The fraction of sp³-hybridized carbons (Fsp3) is 0.312. The summed E-state index contributed by atoms with van der Waals surface area (Å²) in [5.41, 5.74) is -0.168. The third kappa shape index (κ3) is 2.82. The maximum Gasteiger partial charge on any atom is 0.279 e. The molecule has 1 aliphatic heterocycles. The van der Waals surface area contributed by atoms with E-state index >= 15 is 0 Å². The molecule has 2 heterocycles. The Balaban J connectivity index is 2.22. The number of amides is 1. The number of halogens is 2. The third-order valence-corrected chi connectivity index (χ3v) is 4.82. The lowest BCUT2D eigenvalue weighted by atomic mass is 9.86. The summed E-state index contributed by atoms with van der Waals surface area (Å²) in [5, 5.41) is 3.15. The number of hydrogen-bond donors (Lipinski definition) is 1. The number of carbonyl (C=O) groups excluding carboxylic acids is 1. The largest absolute Gasteiger partial charge is 0.312 e. The second-order valence-corrected chi connectivity index (χ2v) is 6.66. The molecule has 3 rings (SSSR count). The lowest BCUT2D eigenvalue weighted by Gasteiger charge is -2.27. The van der Waals surface area contributed by atoms with Crippen molar-refractivity contribution in [2.75, 3.05) is 11.1 Å². The Morgan fingerprint density at radius 2 is 2.12 bits per heavy atom. The molecule has 0 radical (unpaired) electrons. The number of nitrogens with one attached hydrogen (secondary N) is 1. The molecule has 0 bridgehead atoms. The van der Waals surface area contributed by atoms with Crippen LogP contribution in [0, 0.1) is 11.6 Å². The van der Waals surface area contributed by atoms with E-state index < -0.39 is 23.1 Å². The number of carbonyl (C=O) groups is 1. The molecule has 0 unspecified atom stereocenters. The van der Waals surface area contributed by atoms with Gasteiger partial charge in [-0.15, -0.1) is 0 Å². The van der Waals surface area contributed by atoms with Crippen LogP contribution in [-0.2, 0) is 11.8 Å². The Labute approximate surface area is 141 Å². The summed E-state index contributed by atoms with van der Waals surface area (Å²) in [6.07, 6.45) is -0.0905. The van der Waals surface area contributed by atoms with E-state index in [1.807, 2.05) is 6.92 Å². The lowest BCUT2D eigenvalue weighted by Crippen LogP contribution is -2.33. The standard InChI is InChI=1S/C16H15F2N3O2S/c1-3-24-16-20-15(23)13-10(7-12(22)19-14(13)21(16)2)9-5-4-8(17)6-11(9)18/h4-6,10H,3,7H2,1-2H3,(H,19,22)/t10-/m1/s1. The molecule has 1 aromatic heterocycles. The Hall–Kier alpha value is -2.22. The molecule has 1 amide bonds. The van der Waals surface area contributed by atoms with E-state index in [-0.39, 0.29) is 23.5 Å². The quantitative estimate of drug-likeness (QED) is 0.682. The summed E-state index contributed by atoms with van der Waals surface area (Å²) in [6, 6.07) is 3.14. The number of fused-ring (bicyclic) bond motifs is 1. The van der Waals surface area contributed by atoms with Crippen LogP contribution in [0.4, 0.5) is 14.6 Å². The van der Waals surface area contributed by atoms with E-state index in [4.69, 9.17) is 0 Å². The molecule has 2 aromatic rings. The van der Waals surface area contributed by atoms with Gasteiger partial charge in [-0.2, -0.15) is 4.98 Å². The molecule has 0 saturated heterocycles. The summed E-state index contributed by atoms with van der Waals surface area (Å²) in [7, 11) is 1.69. The number of thioether (sulfide) groups is 1. The normalized spacial score (nSPS) is 16.7. The first-order valence-electron chi connectivity index (χ1n) is 7.40. The van der Waals surface area contributed by atoms with Gasteiger partial charge in [-0.05, 0) is 17.4 Å².